The van der Waals surface area contributed by atoms with Gasteiger partial charge < -0.3 is 5.11 Å². The number of carbonyl (C=O) groups is 1. The van der Waals surface area contributed by atoms with Crippen LogP contribution in [-0.4, -0.2) is 35.4 Å². The zero-order chi connectivity index (χ0) is 17.8. The molecule has 25 heavy (non-hydrogen) atoms. The van der Waals surface area contributed by atoms with Gasteiger partial charge in [0.2, 0.25) is 0 Å². The molecule has 1 fully saturated rings. The lowest BCUT2D eigenvalue weighted by molar-refractivity contribution is -0.117. The quantitative estimate of drug-likeness (QED) is 0.709. The lowest BCUT2D eigenvalue weighted by atomic mass is 10.1. The van der Waals surface area contributed by atoms with E-state index in [0.717, 1.165) is 6.07 Å². The molecular formula is C15H11FN4O4S. The van der Waals surface area contributed by atoms with Gasteiger partial charge in [0.1, 0.15) is 23.6 Å². The Balaban J connectivity index is 1.86. The number of anilines is 1. The number of aromatic hydroxyl groups is 1. The highest BCUT2D eigenvalue weighted by Gasteiger charge is 2.37. The summed E-state index contributed by atoms with van der Waals surface area (Å²) in [5.41, 5.74) is 0.900. The van der Waals surface area contributed by atoms with Crippen LogP contribution < -0.4 is 9.03 Å². The molecule has 0 bridgehead atoms. The number of halogens is 1. The molecule has 2 aromatic heterocycles. The Morgan fingerprint density at radius 3 is 2.76 bits per heavy atom. The summed E-state index contributed by atoms with van der Waals surface area (Å²) in [6.07, 6.45) is 3.24. The van der Waals surface area contributed by atoms with E-state index < -0.39 is 39.9 Å². The number of nitrogens with one attached hydrogen (secondary N) is 1. The second-order valence-corrected chi connectivity index (χ2v) is 7.03. The fraction of sp³-hybridized carbons (Fsp3) is 0.0667. The molecule has 1 amide bonds. The van der Waals surface area contributed by atoms with Crippen LogP contribution in [0.25, 0.3) is 16.9 Å². The van der Waals surface area contributed by atoms with E-state index in [9.17, 15) is 22.7 Å². The van der Waals surface area contributed by atoms with Gasteiger partial charge in [-0.15, -0.1) is 0 Å². The molecule has 1 saturated heterocycles. The van der Waals surface area contributed by atoms with Gasteiger partial charge in [-0.3, -0.25) is 9.20 Å². The van der Waals surface area contributed by atoms with E-state index >= 15 is 0 Å². The molecule has 0 atom stereocenters. The molecule has 0 radical (unpaired) electrons. The third-order valence-corrected chi connectivity index (χ3v) is 5.20. The van der Waals surface area contributed by atoms with Gasteiger partial charge in [-0.2, -0.15) is 8.42 Å². The normalized spacial score (nSPS) is 16.4. The number of aromatic nitrogens is 2. The summed E-state index contributed by atoms with van der Waals surface area (Å²) < 4.78 is 42.3. The van der Waals surface area contributed by atoms with Crippen molar-refractivity contribution >= 4 is 27.5 Å². The molecule has 1 aromatic carbocycles. The standard InChI is InChI=1S/C15H11FN4O4S/c16-10-5-9(11-7-17-13-3-1-2-4-19(11)13)6-12(21)15(10)20-8-14(22)18-25(20,23)24/h1-7,21H,8H2,(H,18,22). The van der Waals surface area contributed by atoms with Crippen LogP contribution in [0.4, 0.5) is 10.1 Å². The van der Waals surface area contributed by atoms with Gasteiger partial charge in [0.05, 0.1) is 11.9 Å². The number of benzene rings is 1. The van der Waals surface area contributed by atoms with Crippen molar-refractivity contribution in [3.8, 4) is 17.0 Å². The molecule has 8 nitrogen and oxygen atoms in total. The summed E-state index contributed by atoms with van der Waals surface area (Å²) in [5, 5.41) is 10.2. The van der Waals surface area contributed by atoms with E-state index in [1.54, 1.807) is 33.5 Å². The Hall–Kier alpha value is -3.14. The van der Waals surface area contributed by atoms with E-state index in [1.807, 2.05) is 0 Å². The number of imidazole rings is 1. The maximum absolute atomic E-state index is 14.6. The highest BCUT2D eigenvalue weighted by molar-refractivity contribution is 7.92. The van der Waals surface area contributed by atoms with Crippen LogP contribution in [0.5, 0.6) is 5.75 Å². The summed E-state index contributed by atoms with van der Waals surface area (Å²) in [7, 11) is -4.22. The molecule has 1 aliphatic rings. The lowest BCUT2D eigenvalue weighted by Gasteiger charge is -2.17. The van der Waals surface area contributed by atoms with Crippen molar-refractivity contribution in [2.24, 2.45) is 0 Å². The molecule has 1 aliphatic heterocycles. The lowest BCUT2D eigenvalue weighted by Crippen LogP contribution is -2.30. The van der Waals surface area contributed by atoms with Crippen molar-refractivity contribution in [1.29, 1.82) is 0 Å². The Kier molecular flexibility index (Phi) is 3.19. The van der Waals surface area contributed by atoms with Crippen molar-refractivity contribution < 1.29 is 22.7 Å². The average Bonchev–Trinajstić information content (AvgIpc) is 3.07. The van der Waals surface area contributed by atoms with E-state index in [4.69, 9.17) is 0 Å². The maximum atomic E-state index is 14.6. The number of phenolic OH excluding ortho intramolecular Hbond substituents is 1. The number of nitrogens with zero attached hydrogens (tertiary/aromatic N) is 3. The number of pyridine rings is 1. The Bertz CT molecular complexity index is 1100. The Morgan fingerprint density at radius 2 is 2.08 bits per heavy atom. The second kappa shape index (κ2) is 5.18. The van der Waals surface area contributed by atoms with Crippen molar-refractivity contribution in [3.63, 3.8) is 0 Å². The minimum atomic E-state index is -4.22. The number of hydrogen-bond acceptors (Lipinski definition) is 5. The molecule has 2 N–H and O–H groups in total. The summed E-state index contributed by atoms with van der Waals surface area (Å²) in [4.78, 5) is 15.5. The van der Waals surface area contributed by atoms with Crippen molar-refractivity contribution in [3.05, 3.63) is 48.5 Å². The summed E-state index contributed by atoms with van der Waals surface area (Å²) in [5.74, 6) is -2.37. The summed E-state index contributed by atoms with van der Waals surface area (Å²) >= 11 is 0. The number of phenols is 1. The van der Waals surface area contributed by atoms with Crippen LogP contribution in [0.2, 0.25) is 0 Å². The topological polar surface area (TPSA) is 104 Å². The van der Waals surface area contributed by atoms with Gasteiger partial charge in [0.15, 0.2) is 5.82 Å². The predicted octanol–water partition coefficient (Wildman–Crippen LogP) is 1.03. The van der Waals surface area contributed by atoms with Crippen molar-refractivity contribution in [2.75, 3.05) is 10.8 Å². The van der Waals surface area contributed by atoms with Crippen LogP contribution in [0.3, 0.4) is 0 Å². The van der Waals surface area contributed by atoms with Crippen molar-refractivity contribution in [1.82, 2.24) is 14.1 Å². The Labute approximate surface area is 141 Å². The largest absolute Gasteiger partial charge is 0.506 e. The van der Waals surface area contributed by atoms with Gasteiger partial charge >= 0.3 is 10.2 Å². The third kappa shape index (κ3) is 2.38. The SMILES string of the molecule is O=C1CN(c2c(O)cc(-c3cnc4ccccn34)cc2F)S(=O)(=O)N1. The first-order valence-corrected chi connectivity index (χ1v) is 8.59. The zero-order valence-electron chi connectivity index (χ0n) is 12.5. The second-order valence-electron chi connectivity index (χ2n) is 5.43. The smallest absolute Gasteiger partial charge is 0.326 e. The van der Waals surface area contributed by atoms with Crippen LogP contribution in [0, 0.1) is 5.82 Å². The maximum Gasteiger partial charge on any atom is 0.326 e. The predicted molar refractivity (Wildman–Crippen MR) is 86.7 cm³/mol. The summed E-state index contributed by atoms with van der Waals surface area (Å²) in [6.45, 7) is -0.595. The van der Waals surface area contributed by atoms with Crippen molar-refractivity contribution in [2.45, 2.75) is 0 Å². The van der Waals surface area contributed by atoms with Crippen LogP contribution >= 0.6 is 0 Å². The Morgan fingerprint density at radius 1 is 1.28 bits per heavy atom. The monoisotopic (exact) mass is 362 g/mol. The highest BCUT2D eigenvalue weighted by atomic mass is 32.2. The average molecular weight is 362 g/mol. The van der Waals surface area contributed by atoms with E-state index in [2.05, 4.69) is 4.98 Å². The zero-order valence-corrected chi connectivity index (χ0v) is 13.4. The van der Waals surface area contributed by atoms with Gasteiger partial charge in [0, 0.05) is 11.8 Å². The molecule has 0 aliphatic carbocycles. The highest BCUT2D eigenvalue weighted by Crippen LogP contribution is 2.37. The molecule has 3 heterocycles. The third-order valence-electron chi connectivity index (χ3n) is 3.83. The molecule has 0 unspecified atom stereocenters. The number of hydrogen-bond donors (Lipinski definition) is 2. The minimum absolute atomic E-state index is 0.313. The molecule has 128 valence electrons. The molecule has 10 heteroatoms. The van der Waals surface area contributed by atoms with Crippen LogP contribution in [0.15, 0.2) is 42.7 Å². The number of amides is 1. The molecule has 0 saturated carbocycles. The van der Waals surface area contributed by atoms with Gasteiger partial charge in [-0.25, -0.2) is 18.4 Å². The first kappa shape index (κ1) is 15.4. The molecular weight excluding hydrogens is 351 g/mol. The fourth-order valence-corrected chi connectivity index (χ4v) is 3.94. The van der Waals surface area contributed by atoms with Gasteiger partial charge in [0.25, 0.3) is 5.91 Å². The summed E-state index contributed by atoms with van der Waals surface area (Å²) in [6, 6.07) is 7.66. The van der Waals surface area contributed by atoms with Gasteiger partial charge in [-0.1, -0.05) is 6.07 Å². The van der Waals surface area contributed by atoms with E-state index in [-0.39, 0.29) is 0 Å². The molecule has 4 rings (SSSR count). The molecule has 0 spiro atoms. The molecule has 3 aromatic rings. The van der Waals surface area contributed by atoms with E-state index in [0.29, 0.717) is 21.2 Å². The van der Waals surface area contributed by atoms with Crippen LogP contribution in [-0.2, 0) is 15.0 Å². The number of carbonyl (C=O) groups excluding carboxylic acids is 1. The van der Waals surface area contributed by atoms with E-state index in [1.165, 1.54) is 12.3 Å². The number of fused-ring (bicyclic) bond motifs is 1. The number of rotatable bonds is 2. The first-order valence-electron chi connectivity index (χ1n) is 7.15. The van der Waals surface area contributed by atoms with Gasteiger partial charge in [-0.05, 0) is 24.3 Å². The fourth-order valence-electron chi connectivity index (χ4n) is 2.77. The first-order chi connectivity index (χ1) is 11.9. The minimum Gasteiger partial charge on any atom is -0.506 e. The van der Waals surface area contributed by atoms with Crippen LogP contribution in [0.1, 0.15) is 0 Å².